The lowest BCUT2D eigenvalue weighted by Crippen LogP contribution is -2.35. The second kappa shape index (κ2) is 7.36. The molecule has 24 heavy (non-hydrogen) atoms. The van der Waals surface area contributed by atoms with Gasteiger partial charge >= 0.3 is 0 Å². The predicted molar refractivity (Wildman–Crippen MR) is 94.7 cm³/mol. The van der Waals surface area contributed by atoms with Crippen molar-refractivity contribution in [1.82, 2.24) is 14.9 Å². The smallest absolute Gasteiger partial charge is 0.254 e. The number of halogens is 1. The van der Waals surface area contributed by atoms with Crippen molar-refractivity contribution < 1.29 is 4.74 Å². The molecule has 6 heteroatoms. The number of hydrogen-bond acceptors (Lipinski definition) is 4. The van der Waals surface area contributed by atoms with Gasteiger partial charge in [-0.05, 0) is 30.5 Å². The molecule has 1 aromatic carbocycles. The van der Waals surface area contributed by atoms with Crippen molar-refractivity contribution in [3.63, 3.8) is 0 Å². The van der Waals surface area contributed by atoms with E-state index in [4.69, 9.17) is 16.3 Å². The normalized spacial score (nSPS) is 14.5. The van der Waals surface area contributed by atoms with Crippen LogP contribution in [0.2, 0.25) is 5.02 Å². The first-order valence-corrected chi connectivity index (χ1v) is 8.64. The zero-order chi connectivity index (χ0) is 17.1. The standard InChI is InChI=1S/C18H22ClN3O2/c1-3-4-17-20-15-11-22(8-7-13(15)18(23)21-17)10-12-5-6-16(24-2)14(19)9-12/h5-6,9H,3-4,7-8,10-11H2,1-2H3,(H,20,21,23). The Morgan fingerprint density at radius 3 is 2.96 bits per heavy atom. The number of H-pyrrole nitrogens is 1. The van der Waals surface area contributed by atoms with Gasteiger partial charge in [0.25, 0.3) is 5.56 Å². The number of methoxy groups -OCH3 is 1. The monoisotopic (exact) mass is 347 g/mol. The third-order valence-corrected chi connectivity index (χ3v) is 4.61. The minimum Gasteiger partial charge on any atom is -0.495 e. The maximum absolute atomic E-state index is 12.2. The zero-order valence-corrected chi connectivity index (χ0v) is 14.8. The highest BCUT2D eigenvalue weighted by Gasteiger charge is 2.21. The Morgan fingerprint density at radius 2 is 2.25 bits per heavy atom. The molecule has 0 atom stereocenters. The van der Waals surface area contributed by atoms with Crippen molar-refractivity contribution in [1.29, 1.82) is 0 Å². The Bertz CT molecular complexity index is 788. The van der Waals surface area contributed by atoms with Crippen molar-refractivity contribution in [3.05, 3.63) is 56.2 Å². The van der Waals surface area contributed by atoms with Crippen LogP contribution in [0.5, 0.6) is 5.75 Å². The summed E-state index contributed by atoms with van der Waals surface area (Å²) in [6.45, 7) is 4.40. The first kappa shape index (κ1) is 17.0. The number of nitrogens with one attached hydrogen (secondary N) is 1. The fourth-order valence-corrected chi connectivity index (χ4v) is 3.38. The van der Waals surface area contributed by atoms with Gasteiger partial charge in [-0.1, -0.05) is 24.6 Å². The van der Waals surface area contributed by atoms with Gasteiger partial charge in [0.05, 0.1) is 17.8 Å². The van der Waals surface area contributed by atoms with Gasteiger partial charge in [0.2, 0.25) is 0 Å². The van der Waals surface area contributed by atoms with E-state index < -0.39 is 0 Å². The molecule has 0 unspecified atom stereocenters. The fourth-order valence-electron chi connectivity index (χ4n) is 3.10. The van der Waals surface area contributed by atoms with Crippen LogP contribution in [0.4, 0.5) is 0 Å². The molecular formula is C18H22ClN3O2. The van der Waals surface area contributed by atoms with Gasteiger partial charge < -0.3 is 9.72 Å². The van der Waals surface area contributed by atoms with E-state index in [-0.39, 0.29) is 5.56 Å². The second-order valence-corrected chi connectivity index (χ2v) is 6.52. The van der Waals surface area contributed by atoms with Crippen LogP contribution >= 0.6 is 11.6 Å². The molecule has 3 rings (SSSR count). The highest BCUT2D eigenvalue weighted by Crippen LogP contribution is 2.26. The minimum absolute atomic E-state index is 0.0237. The molecule has 0 bridgehead atoms. The number of aromatic amines is 1. The number of rotatable bonds is 5. The van der Waals surface area contributed by atoms with Gasteiger partial charge in [-0.15, -0.1) is 0 Å². The highest BCUT2D eigenvalue weighted by atomic mass is 35.5. The summed E-state index contributed by atoms with van der Waals surface area (Å²) in [5, 5.41) is 0.618. The van der Waals surface area contributed by atoms with Crippen LogP contribution in [0.3, 0.4) is 0 Å². The van der Waals surface area contributed by atoms with Crippen LogP contribution < -0.4 is 10.3 Å². The molecule has 2 aromatic rings. The quantitative estimate of drug-likeness (QED) is 0.903. The molecule has 1 aliphatic heterocycles. The van der Waals surface area contributed by atoms with Gasteiger partial charge in [-0.25, -0.2) is 4.98 Å². The van der Waals surface area contributed by atoms with E-state index in [1.807, 2.05) is 18.2 Å². The predicted octanol–water partition coefficient (Wildman–Crippen LogP) is 2.94. The maximum Gasteiger partial charge on any atom is 0.254 e. The summed E-state index contributed by atoms with van der Waals surface area (Å²) in [6, 6.07) is 5.84. The number of nitrogens with zero attached hydrogens (tertiary/aromatic N) is 2. The van der Waals surface area contributed by atoms with Crippen molar-refractivity contribution in [3.8, 4) is 5.75 Å². The minimum atomic E-state index is 0.0237. The van der Waals surface area contributed by atoms with Crippen molar-refractivity contribution in [2.24, 2.45) is 0 Å². The van der Waals surface area contributed by atoms with Gasteiger partial charge in [0.1, 0.15) is 11.6 Å². The third kappa shape index (κ3) is 3.62. The Labute approximate surface area is 146 Å². The van der Waals surface area contributed by atoms with Gasteiger partial charge in [0.15, 0.2) is 0 Å². The lowest BCUT2D eigenvalue weighted by Gasteiger charge is -2.27. The van der Waals surface area contributed by atoms with Crippen molar-refractivity contribution >= 4 is 11.6 Å². The van der Waals surface area contributed by atoms with Crippen LogP contribution in [0.15, 0.2) is 23.0 Å². The van der Waals surface area contributed by atoms with E-state index >= 15 is 0 Å². The van der Waals surface area contributed by atoms with E-state index in [0.29, 0.717) is 17.3 Å². The molecule has 5 nitrogen and oxygen atoms in total. The third-order valence-electron chi connectivity index (χ3n) is 4.31. The molecule has 0 saturated heterocycles. The van der Waals surface area contributed by atoms with Crippen molar-refractivity contribution in [2.75, 3.05) is 13.7 Å². The summed E-state index contributed by atoms with van der Waals surface area (Å²) in [7, 11) is 1.61. The number of hydrogen-bond donors (Lipinski definition) is 1. The van der Waals surface area contributed by atoms with E-state index in [9.17, 15) is 4.79 Å². The lowest BCUT2D eigenvalue weighted by molar-refractivity contribution is 0.240. The number of ether oxygens (including phenoxy) is 1. The summed E-state index contributed by atoms with van der Waals surface area (Å²) >= 11 is 6.20. The topological polar surface area (TPSA) is 58.2 Å². The molecule has 128 valence electrons. The summed E-state index contributed by atoms with van der Waals surface area (Å²) < 4.78 is 5.19. The molecule has 0 spiro atoms. The summed E-state index contributed by atoms with van der Waals surface area (Å²) in [5.41, 5.74) is 2.89. The maximum atomic E-state index is 12.2. The molecule has 0 amide bonds. The van der Waals surface area contributed by atoms with E-state index in [2.05, 4.69) is 21.8 Å². The Kier molecular flexibility index (Phi) is 5.21. The molecule has 2 heterocycles. The fraction of sp³-hybridized carbons (Fsp3) is 0.444. The summed E-state index contributed by atoms with van der Waals surface area (Å²) in [4.78, 5) is 22.1. The largest absolute Gasteiger partial charge is 0.495 e. The average molecular weight is 348 g/mol. The van der Waals surface area contributed by atoms with E-state index in [0.717, 1.165) is 55.0 Å². The van der Waals surface area contributed by atoms with Crippen LogP contribution in [0.1, 0.15) is 36.0 Å². The lowest BCUT2D eigenvalue weighted by atomic mass is 10.1. The van der Waals surface area contributed by atoms with Gasteiger partial charge in [-0.2, -0.15) is 0 Å². The van der Waals surface area contributed by atoms with Crippen LogP contribution in [-0.2, 0) is 25.9 Å². The van der Waals surface area contributed by atoms with E-state index in [1.54, 1.807) is 7.11 Å². The number of fused-ring (bicyclic) bond motifs is 1. The van der Waals surface area contributed by atoms with E-state index in [1.165, 1.54) is 0 Å². The summed E-state index contributed by atoms with van der Waals surface area (Å²) in [6.07, 6.45) is 2.50. The number of benzene rings is 1. The molecule has 0 saturated carbocycles. The molecule has 0 radical (unpaired) electrons. The Balaban J connectivity index is 1.77. The molecule has 1 aromatic heterocycles. The molecule has 0 aliphatic carbocycles. The molecule has 1 N–H and O–H groups in total. The van der Waals surface area contributed by atoms with Gasteiger partial charge in [-0.3, -0.25) is 9.69 Å². The first-order valence-electron chi connectivity index (χ1n) is 8.26. The highest BCUT2D eigenvalue weighted by molar-refractivity contribution is 6.32. The first-order chi connectivity index (χ1) is 11.6. The van der Waals surface area contributed by atoms with Crippen LogP contribution in [0.25, 0.3) is 0 Å². The summed E-state index contributed by atoms with van der Waals surface area (Å²) in [5.74, 6) is 1.47. The Hall–Kier alpha value is -1.85. The number of aryl methyl sites for hydroxylation is 1. The van der Waals surface area contributed by atoms with Crippen molar-refractivity contribution in [2.45, 2.75) is 39.3 Å². The van der Waals surface area contributed by atoms with Crippen LogP contribution in [0, 0.1) is 0 Å². The van der Waals surface area contributed by atoms with Crippen LogP contribution in [-0.4, -0.2) is 28.5 Å². The SMILES string of the molecule is CCCc1nc2c(c(=O)[nH]1)CCN(Cc1ccc(OC)c(Cl)c1)C2. The zero-order valence-electron chi connectivity index (χ0n) is 14.1. The second-order valence-electron chi connectivity index (χ2n) is 6.12. The van der Waals surface area contributed by atoms with Gasteiger partial charge in [0, 0.05) is 31.6 Å². The molecule has 1 aliphatic rings. The molecule has 0 fully saturated rings. The molecular weight excluding hydrogens is 326 g/mol. The average Bonchev–Trinajstić information content (AvgIpc) is 2.55. The Morgan fingerprint density at radius 1 is 1.42 bits per heavy atom. The number of aromatic nitrogens is 2.